The summed E-state index contributed by atoms with van der Waals surface area (Å²) in [4.78, 5) is 13.2. The molecule has 1 atom stereocenters. The molecule has 2 N–H and O–H groups in total. The third-order valence-electron chi connectivity index (χ3n) is 3.68. The molecule has 0 aliphatic rings. The van der Waals surface area contributed by atoms with Gasteiger partial charge in [-0.3, -0.25) is 0 Å². The molecule has 162 valence electrons. The number of nitrogens with zero attached hydrogens (tertiary/aromatic N) is 1. The molecule has 0 aromatic heterocycles. The van der Waals surface area contributed by atoms with Crippen molar-refractivity contribution < 1.29 is 31.4 Å². The van der Waals surface area contributed by atoms with Crippen LogP contribution in [0.3, 0.4) is 0 Å². The van der Waals surface area contributed by atoms with E-state index in [4.69, 9.17) is 32.3 Å². The average molecular weight is 427 g/mol. The Labute approximate surface area is 166 Å². The summed E-state index contributed by atoms with van der Waals surface area (Å²) in [6, 6.07) is 0.654. The highest BCUT2D eigenvalue weighted by atomic mass is 28.4. The van der Waals surface area contributed by atoms with Gasteiger partial charge >= 0.3 is 17.6 Å². The van der Waals surface area contributed by atoms with Gasteiger partial charge < -0.3 is 32.3 Å². The molecule has 0 aliphatic heterocycles. The van der Waals surface area contributed by atoms with Gasteiger partial charge in [-0.05, 0) is 33.6 Å². The largest absolute Gasteiger partial charge is 0.518 e. The lowest BCUT2D eigenvalue weighted by Crippen LogP contribution is -2.60. The van der Waals surface area contributed by atoms with Gasteiger partial charge in [0.25, 0.3) is 0 Å². The zero-order chi connectivity index (χ0) is 21.2. The first-order valence-corrected chi connectivity index (χ1v) is 13.0. The van der Waals surface area contributed by atoms with Crippen LogP contribution in [0.25, 0.3) is 0 Å². The topological polar surface area (TPSA) is 111 Å². The Bertz CT molecular complexity index is 370. The van der Waals surface area contributed by atoms with Gasteiger partial charge in [-0.1, -0.05) is 6.92 Å². The van der Waals surface area contributed by atoms with E-state index in [2.05, 4.69) is 4.99 Å². The SMILES string of the molecule is CCO[Si](OCC)(OCC)C(N)CC.CO[Si](CCCN=C=O)(OC)OC. The maximum absolute atomic E-state index is 9.76. The molecular weight excluding hydrogens is 388 g/mol. The van der Waals surface area contributed by atoms with E-state index in [1.54, 1.807) is 21.3 Å². The van der Waals surface area contributed by atoms with E-state index in [1.165, 1.54) is 6.08 Å². The molecule has 0 radical (unpaired) electrons. The second-order valence-electron chi connectivity index (χ2n) is 5.29. The van der Waals surface area contributed by atoms with E-state index in [1.807, 2.05) is 27.7 Å². The van der Waals surface area contributed by atoms with Crippen LogP contribution in [0, 0.1) is 0 Å². The van der Waals surface area contributed by atoms with Crippen molar-refractivity contribution in [2.75, 3.05) is 47.7 Å². The lowest BCUT2D eigenvalue weighted by molar-refractivity contribution is 0.0618. The Morgan fingerprint density at radius 3 is 1.67 bits per heavy atom. The summed E-state index contributed by atoms with van der Waals surface area (Å²) in [5.74, 6) is 0. The Balaban J connectivity index is 0. The van der Waals surface area contributed by atoms with Crippen molar-refractivity contribution in [1.29, 1.82) is 0 Å². The molecule has 0 fully saturated rings. The Kier molecular flexibility index (Phi) is 18.8. The first-order chi connectivity index (χ1) is 12.9. The highest BCUT2D eigenvalue weighted by molar-refractivity contribution is 6.62. The lowest BCUT2D eigenvalue weighted by atomic mass is 10.5. The summed E-state index contributed by atoms with van der Waals surface area (Å²) in [5.41, 5.74) is 5.87. The highest BCUT2D eigenvalue weighted by Gasteiger charge is 2.46. The molecule has 0 aromatic rings. The Morgan fingerprint density at radius 1 is 0.926 bits per heavy atom. The van der Waals surface area contributed by atoms with Crippen molar-refractivity contribution in [3.63, 3.8) is 0 Å². The van der Waals surface area contributed by atoms with E-state index >= 15 is 0 Å². The van der Waals surface area contributed by atoms with Gasteiger partial charge in [-0.2, -0.15) is 0 Å². The molecule has 0 saturated carbocycles. The summed E-state index contributed by atoms with van der Waals surface area (Å²) in [6.45, 7) is 10.0. The van der Waals surface area contributed by atoms with Crippen LogP contribution in [-0.2, 0) is 31.4 Å². The smallest absolute Gasteiger partial charge is 0.377 e. The molecule has 0 spiro atoms. The van der Waals surface area contributed by atoms with Crippen LogP contribution < -0.4 is 5.73 Å². The highest BCUT2D eigenvalue weighted by Crippen LogP contribution is 2.16. The van der Waals surface area contributed by atoms with Crippen LogP contribution >= 0.6 is 0 Å². The van der Waals surface area contributed by atoms with Gasteiger partial charge in [0.2, 0.25) is 6.08 Å². The van der Waals surface area contributed by atoms with Crippen LogP contribution in [0.4, 0.5) is 0 Å². The zero-order valence-corrected chi connectivity index (χ0v) is 19.9. The summed E-state index contributed by atoms with van der Waals surface area (Å²) in [7, 11) is -0.405. The molecule has 0 bridgehead atoms. The second-order valence-corrected chi connectivity index (χ2v) is 11.2. The predicted molar refractivity (Wildman–Crippen MR) is 108 cm³/mol. The summed E-state index contributed by atoms with van der Waals surface area (Å²) in [6.07, 6.45) is 2.99. The Hall–Kier alpha value is -0.466. The number of rotatable bonds is 15. The van der Waals surface area contributed by atoms with Crippen LogP contribution in [0.2, 0.25) is 6.04 Å². The van der Waals surface area contributed by atoms with Crippen LogP contribution in [0.5, 0.6) is 0 Å². The molecule has 0 amide bonds. The number of isocyanates is 1. The van der Waals surface area contributed by atoms with E-state index in [0.717, 1.165) is 6.42 Å². The number of aliphatic imine (C=N–C) groups is 1. The number of hydrogen-bond acceptors (Lipinski definition) is 9. The third-order valence-corrected chi connectivity index (χ3v) is 9.90. The van der Waals surface area contributed by atoms with Crippen LogP contribution in [0.1, 0.15) is 40.5 Å². The van der Waals surface area contributed by atoms with Crippen molar-refractivity contribution in [1.82, 2.24) is 0 Å². The molecule has 27 heavy (non-hydrogen) atoms. The third kappa shape index (κ3) is 11.2. The lowest BCUT2D eigenvalue weighted by Gasteiger charge is -2.32. The van der Waals surface area contributed by atoms with Gasteiger partial charge in [0.1, 0.15) is 0 Å². The fourth-order valence-corrected chi connectivity index (χ4v) is 6.58. The first-order valence-electron chi connectivity index (χ1n) is 9.27. The maximum atomic E-state index is 9.76. The van der Waals surface area contributed by atoms with Crippen molar-refractivity contribution in [2.45, 2.75) is 52.2 Å². The quantitative estimate of drug-likeness (QED) is 0.183. The predicted octanol–water partition coefficient (Wildman–Crippen LogP) is 1.90. The minimum atomic E-state index is -2.62. The van der Waals surface area contributed by atoms with Crippen molar-refractivity contribution in [2.24, 2.45) is 10.7 Å². The van der Waals surface area contributed by atoms with Crippen LogP contribution in [-0.4, -0.2) is 77.0 Å². The van der Waals surface area contributed by atoms with Gasteiger partial charge in [0.05, 0.1) is 12.2 Å². The van der Waals surface area contributed by atoms with E-state index in [-0.39, 0.29) is 5.67 Å². The molecule has 9 nitrogen and oxygen atoms in total. The number of carbonyl (C=O) groups excluding carboxylic acids is 1. The van der Waals surface area contributed by atoms with Gasteiger partial charge in [0, 0.05) is 47.2 Å². The maximum Gasteiger partial charge on any atom is 0.518 e. The van der Waals surface area contributed by atoms with Crippen molar-refractivity contribution >= 4 is 23.7 Å². The van der Waals surface area contributed by atoms with Crippen LogP contribution in [0.15, 0.2) is 4.99 Å². The van der Waals surface area contributed by atoms with E-state index in [0.29, 0.717) is 38.8 Å². The van der Waals surface area contributed by atoms with Crippen molar-refractivity contribution in [3.05, 3.63) is 0 Å². The molecule has 0 aromatic carbocycles. The Morgan fingerprint density at radius 2 is 1.37 bits per heavy atom. The normalized spacial score (nSPS) is 12.7. The zero-order valence-electron chi connectivity index (χ0n) is 17.9. The first kappa shape index (κ1) is 28.7. The molecular formula is C16H38N2O7Si2. The van der Waals surface area contributed by atoms with E-state index < -0.39 is 17.6 Å². The van der Waals surface area contributed by atoms with Gasteiger partial charge in [-0.15, -0.1) is 0 Å². The van der Waals surface area contributed by atoms with E-state index in [9.17, 15) is 4.79 Å². The minimum absolute atomic E-state index is 0.123. The summed E-state index contributed by atoms with van der Waals surface area (Å²) >= 11 is 0. The average Bonchev–Trinajstić information content (AvgIpc) is 2.69. The fraction of sp³-hybridized carbons (Fsp3) is 0.938. The summed E-state index contributed by atoms with van der Waals surface area (Å²) < 4.78 is 32.4. The fourth-order valence-electron chi connectivity index (χ4n) is 2.28. The molecule has 11 heteroatoms. The number of nitrogens with two attached hydrogens (primary N) is 1. The molecule has 0 saturated heterocycles. The monoisotopic (exact) mass is 426 g/mol. The summed E-state index contributed by atoms with van der Waals surface area (Å²) in [5, 5.41) is 0. The molecule has 0 rings (SSSR count). The minimum Gasteiger partial charge on any atom is -0.377 e. The molecule has 0 aliphatic carbocycles. The molecule has 0 heterocycles. The van der Waals surface area contributed by atoms with Gasteiger partial charge in [-0.25, -0.2) is 9.79 Å². The van der Waals surface area contributed by atoms with Gasteiger partial charge in [0.15, 0.2) is 0 Å². The number of hydrogen-bond donors (Lipinski definition) is 1. The van der Waals surface area contributed by atoms with Crippen molar-refractivity contribution in [3.8, 4) is 0 Å². The standard InChI is InChI=1S/C9H23NO3Si.C7H15NO4Si/c1-5-9(10)14(11-6-2,12-7-3)13-8-4;1-10-13(11-2,12-3)6-4-5-8-7-9/h9H,5-8,10H2,1-4H3;4-6H2,1-3H3. The second kappa shape index (κ2) is 17.6. The molecule has 1 unspecified atom stereocenters.